The predicted molar refractivity (Wildman–Crippen MR) is 78.9 cm³/mol. The Bertz CT molecular complexity index is 701. The van der Waals surface area contributed by atoms with Gasteiger partial charge in [-0.15, -0.1) is 0 Å². The van der Waals surface area contributed by atoms with E-state index >= 15 is 0 Å². The topological polar surface area (TPSA) is 62.2 Å². The number of nitrogens with one attached hydrogen (secondary N) is 1. The Hall–Kier alpha value is -1.81. The Kier molecular flexibility index (Phi) is 2.41. The summed E-state index contributed by atoms with van der Waals surface area (Å²) >= 11 is 4.50. The summed E-state index contributed by atoms with van der Waals surface area (Å²) in [4.78, 5) is 4.01. The van der Waals surface area contributed by atoms with Gasteiger partial charge in [-0.3, -0.25) is 5.41 Å². The maximum absolute atomic E-state index is 7.79. The smallest absolute Gasteiger partial charge is 0.154 e. The zero-order valence-electron chi connectivity index (χ0n) is 9.94. The number of fused-ring (bicyclic) bond motifs is 2. The van der Waals surface area contributed by atoms with Gasteiger partial charge in [-0.2, -0.15) is 12.6 Å². The Morgan fingerprint density at radius 2 is 2.06 bits per heavy atom. The molecule has 18 heavy (non-hydrogen) atoms. The number of hydrogen-bond acceptors (Lipinski definition) is 3. The Balaban J connectivity index is 2.37. The monoisotopic (exact) mass is 255 g/mol. The molecule has 0 saturated carbocycles. The van der Waals surface area contributed by atoms with E-state index in [1.807, 2.05) is 31.2 Å². The van der Waals surface area contributed by atoms with Crippen LogP contribution in [-0.2, 0) is 0 Å². The molecule has 4 heteroatoms. The van der Waals surface area contributed by atoms with Gasteiger partial charge in [0.15, 0.2) is 5.84 Å². The summed E-state index contributed by atoms with van der Waals surface area (Å²) in [6.07, 6.45) is 0. The van der Waals surface area contributed by atoms with E-state index in [0.717, 1.165) is 21.9 Å². The van der Waals surface area contributed by atoms with Crippen LogP contribution in [0.3, 0.4) is 0 Å². The average molecular weight is 255 g/mol. The number of rotatable bonds is 1. The van der Waals surface area contributed by atoms with E-state index < -0.39 is 0 Å². The van der Waals surface area contributed by atoms with Crippen LogP contribution in [0.5, 0.6) is 0 Å². The lowest BCUT2D eigenvalue weighted by Crippen LogP contribution is -2.10. The maximum atomic E-state index is 7.79. The van der Waals surface area contributed by atoms with Crippen LogP contribution in [0.2, 0.25) is 0 Å². The van der Waals surface area contributed by atoms with Crippen LogP contribution in [0.4, 0.5) is 0 Å². The molecule has 0 aliphatic carbocycles. The summed E-state index contributed by atoms with van der Waals surface area (Å²) in [5.74, 6) is 0.673. The number of benzene rings is 2. The van der Waals surface area contributed by atoms with Gasteiger partial charge in [0.1, 0.15) is 5.84 Å². The molecule has 3 nitrogen and oxygen atoms in total. The lowest BCUT2D eigenvalue weighted by molar-refractivity contribution is 1.13. The molecular formula is C14H13N3S. The first kappa shape index (κ1) is 11.3. The molecule has 1 atom stereocenters. The molecule has 3 N–H and O–H groups in total. The van der Waals surface area contributed by atoms with Crippen molar-refractivity contribution in [1.82, 2.24) is 0 Å². The molecule has 2 aromatic carbocycles. The van der Waals surface area contributed by atoms with E-state index in [-0.39, 0.29) is 11.1 Å². The summed E-state index contributed by atoms with van der Waals surface area (Å²) in [7, 11) is 0. The van der Waals surface area contributed by atoms with Gasteiger partial charge < -0.3 is 5.73 Å². The molecule has 0 bridgehead atoms. The second kappa shape index (κ2) is 3.85. The van der Waals surface area contributed by atoms with Crippen LogP contribution in [0, 0.1) is 5.41 Å². The summed E-state index contributed by atoms with van der Waals surface area (Å²) in [5.41, 5.74) is 8.68. The molecule has 0 fully saturated rings. The lowest BCUT2D eigenvalue weighted by Gasteiger charge is -2.11. The molecular weight excluding hydrogens is 242 g/mol. The first-order valence-electron chi connectivity index (χ1n) is 5.76. The Morgan fingerprint density at radius 3 is 2.78 bits per heavy atom. The number of amidine groups is 2. The predicted octanol–water partition coefficient (Wildman–Crippen LogP) is 2.87. The highest BCUT2D eigenvalue weighted by Gasteiger charge is 2.20. The van der Waals surface area contributed by atoms with Crippen molar-refractivity contribution in [3.63, 3.8) is 0 Å². The second-order valence-corrected chi connectivity index (χ2v) is 5.26. The van der Waals surface area contributed by atoms with E-state index in [1.54, 1.807) is 0 Å². The zero-order chi connectivity index (χ0) is 12.9. The fourth-order valence-corrected chi connectivity index (χ4v) is 2.59. The minimum atomic E-state index is 0.158. The molecule has 0 radical (unpaired) electrons. The second-order valence-electron chi connectivity index (χ2n) is 4.49. The van der Waals surface area contributed by atoms with Crippen molar-refractivity contribution in [2.24, 2.45) is 10.7 Å². The maximum Gasteiger partial charge on any atom is 0.154 e. The number of nitrogens with zero attached hydrogens (tertiary/aromatic N) is 1. The molecule has 1 aliphatic heterocycles. The van der Waals surface area contributed by atoms with E-state index in [2.05, 4.69) is 23.7 Å². The van der Waals surface area contributed by atoms with Crippen molar-refractivity contribution in [3.05, 3.63) is 47.0 Å². The fraction of sp³-hybridized carbons (Fsp3) is 0.143. The number of thiol groups is 1. The third kappa shape index (κ3) is 1.53. The highest BCUT2D eigenvalue weighted by Crippen LogP contribution is 2.31. The van der Waals surface area contributed by atoms with Crippen LogP contribution >= 0.6 is 12.6 Å². The third-order valence-electron chi connectivity index (χ3n) is 3.27. The fourth-order valence-electron chi connectivity index (χ4n) is 2.36. The molecule has 0 saturated heterocycles. The Labute approximate surface area is 111 Å². The standard InChI is InChI=1S/C14H13N3S/c1-7(18)9-4-2-3-8-5-11-12(6-10(8)9)14(16)17-13(11)15/h2-7,18H,1H3,(H3,15,16,17). The van der Waals surface area contributed by atoms with Gasteiger partial charge in [0, 0.05) is 16.4 Å². The van der Waals surface area contributed by atoms with E-state index in [4.69, 9.17) is 11.1 Å². The number of nitrogens with two attached hydrogens (primary N) is 1. The molecule has 1 heterocycles. The van der Waals surface area contributed by atoms with Crippen molar-refractivity contribution in [1.29, 1.82) is 5.41 Å². The highest BCUT2D eigenvalue weighted by molar-refractivity contribution is 7.80. The van der Waals surface area contributed by atoms with Crippen molar-refractivity contribution in [3.8, 4) is 0 Å². The van der Waals surface area contributed by atoms with Crippen molar-refractivity contribution < 1.29 is 0 Å². The normalized spacial score (nSPS) is 15.7. The number of aliphatic imine (C=N–C) groups is 1. The molecule has 90 valence electrons. The van der Waals surface area contributed by atoms with Gasteiger partial charge in [-0.05, 0) is 35.4 Å². The molecule has 0 amide bonds. The molecule has 1 unspecified atom stereocenters. The molecule has 3 rings (SSSR count). The van der Waals surface area contributed by atoms with Crippen LogP contribution in [0.25, 0.3) is 10.8 Å². The third-order valence-corrected chi connectivity index (χ3v) is 3.54. The minimum absolute atomic E-state index is 0.158. The van der Waals surface area contributed by atoms with Crippen LogP contribution in [-0.4, -0.2) is 11.7 Å². The van der Waals surface area contributed by atoms with Gasteiger partial charge >= 0.3 is 0 Å². The average Bonchev–Trinajstić information content (AvgIpc) is 2.61. The molecule has 2 aromatic rings. The first-order valence-corrected chi connectivity index (χ1v) is 6.28. The summed E-state index contributed by atoms with van der Waals surface area (Å²) in [5, 5.41) is 10.2. The van der Waals surface area contributed by atoms with Gasteiger partial charge in [0.05, 0.1) is 0 Å². The molecule has 1 aliphatic rings. The van der Waals surface area contributed by atoms with Crippen LogP contribution in [0.1, 0.15) is 28.9 Å². The molecule has 0 aromatic heterocycles. The lowest BCUT2D eigenvalue weighted by atomic mass is 9.97. The Morgan fingerprint density at radius 1 is 1.28 bits per heavy atom. The minimum Gasteiger partial charge on any atom is -0.383 e. The summed E-state index contributed by atoms with van der Waals surface area (Å²) in [6, 6.07) is 10.1. The van der Waals surface area contributed by atoms with Gasteiger partial charge in [-0.1, -0.05) is 18.2 Å². The highest BCUT2D eigenvalue weighted by atomic mass is 32.1. The zero-order valence-corrected chi connectivity index (χ0v) is 10.8. The van der Waals surface area contributed by atoms with Crippen molar-refractivity contribution >= 4 is 35.1 Å². The van der Waals surface area contributed by atoms with E-state index in [1.165, 1.54) is 5.56 Å². The first-order chi connectivity index (χ1) is 8.58. The van der Waals surface area contributed by atoms with Crippen LogP contribution < -0.4 is 5.73 Å². The van der Waals surface area contributed by atoms with Gasteiger partial charge in [0.25, 0.3) is 0 Å². The van der Waals surface area contributed by atoms with Gasteiger partial charge in [0.2, 0.25) is 0 Å². The van der Waals surface area contributed by atoms with E-state index in [0.29, 0.717) is 5.84 Å². The van der Waals surface area contributed by atoms with Gasteiger partial charge in [-0.25, -0.2) is 4.99 Å². The van der Waals surface area contributed by atoms with E-state index in [9.17, 15) is 0 Å². The largest absolute Gasteiger partial charge is 0.383 e. The van der Waals surface area contributed by atoms with Crippen molar-refractivity contribution in [2.75, 3.05) is 0 Å². The quantitative estimate of drug-likeness (QED) is 0.674. The van der Waals surface area contributed by atoms with Crippen molar-refractivity contribution in [2.45, 2.75) is 12.2 Å². The molecule has 0 spiro atoms. The number of hydrogen-bond donors (Lipinski definition) is 3. The summed E-state index contributed by atoms with van der Waals surface area (Å²) < 4.78 is 0. The SMILES string of the molecule is CC(S)c1cccc2cc3c(cc12)C(N)=NC3=N. The summed E-state index contributed by atoms with van der Waals surface area (Å²) in [6.45, 7) is 2.05. The van der Waals surface area contributed by atoms with Crippen LogP contribution in [0.15, 0.2) is 35.3 Å².